The average molecular weight is 1040 g/mol. The maximum absolute atomic E-state index is 2.75. The molecule has 0 fully saturated rings. The molecule has 5 heteroatoms. The lowest BCUT2D eigenvalue weighted by atomic mass is 9.36. The Morgan fingerprint density at radius 1 is 0.462 bits per heavy atom. The average Bonchev–Trinajstić information content (AvgIpc) is 3.00. The Bertz CT molecular complexity index is 3780. The van der Waals surface area contributed by atoms with E-state index in [1.54, 1.807) is 0 Å². The van der Waals surface area contributed by atoms with Gasteiger partial charge in [0.25, 0.3) is 6.71 Å². The summed E-state index contributed by atoms with van der Waals surface area (Å²) in [5.74, 6) is 0. The second-order valence-electron chi connectivity index (χ2n) is 29.5. The first-order valence-corrected chi connectivity index (χ1v) is 30.2. The molecule has 3 heterocycles. The van der Waals surface area contributed by atoms with Crippen LogP contribution in [0.3, 0.4) is 0 Å². The fraction of sp³-hybridized carbons (Fsp3) is 0.397. The minimum Gasteiger partial charge on any atom is -0.311 e. The molecule has 3 nitrogen and oxygen atoms in total. The number of nitrogens with zero attached hydrogens (tertiary/aromatic N) is 3. The minimum absolute atomic E-state index is 0.00522. The number of rotatable bonds is 5. The van der Waals surface area contributed by atoms with Gasteiger partial charge in [-0.2, -0.15) is 0 Å². The highest BCUT2D eigenvalue weighted by Gasteiger charge is 2.48. The Morgan fingerprint density at radius 3 is 1.51 bits per heavy atom. The number of anilines is 9. The van der Waals surface area contributed by atoms with E-state index in [2.05, 4.69) is 270 Å². The van der Waals surface area contributed by atoms with Gasteiger partial charge in [0, 0.05) is 60.4 Å². The van der Waals surface area contributed by atoms with E-state index in [9.17, 15) is 0 Å². The molecule has 78 heavy (non-hydrogen) atoms. The van der Waals surface area contributed by atoms with Gasteiger partial charge in [-0.3, -0.25) is 0 Å². The standard InChI is InChI=1S/C73H82BN3S/c1-45-38-61-64-62(39-45)77(48-27-30-52-55(41-48)71(11,12)35-33-69(52,7)8)65-50-43-56-57(73(15,16)37-36-72(56,13)14)44-63(50)78-66(65)74(64)58-31-28-49(75(46-22-18-17-19-23-46)59-25-21-20-24-53(59)67(2,3)4)42-60(58)76(61)47-26-29-51-54(40-47)70(9,10)34-32-68(51,5)6/h17-31,38-44H,32-37H2,1-16H3. The lowest BCUT2D eigenvalue weighted by Gasteiger charge is -2.46. The van der Waals surface area contributed by atoms with E-state index < -0.39 is 0 Å². The van der Waals surface area contributed by atoms with Gasteiger partial charge < -0.3 is 14.7 Å². The topological polar surface area (TPSA) is 9.72 Å². The van der Waals surface area contributed by atoms with Gasteiger partial charge in [-0.05, 0) is 218 Å². The summed E-state index contributed by atoms with van der Waals surface area (Å²) in [6.45, 7) is 39.1. The third-order valence-electron chi connectivity index (χ3n) is 20.2. The molecule has 0 amide bonds. The Kier molecular flexibility index (Phi) is 11.2. The SMILES string of the molecule is Cc1cc2c3c(c1)N(c1ccc4c(c1)C(C)(C)CCC4(C)C)c1c(sc4cc5c(cc14)C(C)(C)CCC5(C)C)B3c1ccc(N(c3ccccc3)c3ccccc3C(C)(C)C)cc1N2c1ccc2c(c1)C(C)(C)CCC2(C)C. The first kappa shape index (κ1) is 51.4. The van der Waals surface area contributed by atoms with Crippen LogP contribution in [0.1, 0.15) is 187 Å². The quantitative estimate of drug-likeness (QED) is 0.159. The molecule has 7 aromatic carbocycles. The highest BCUT2D eigenvalue weighted by Crippen LogP contribution is 2.56. The van der Waals surface area contributed by atoms with E-state index in [4.69, 9.17) is 0 Å². The number of para-hydroxylation sites is 2. The summed E-state index contributed by atoms with van der Waals surface area (Å²) in [6.07, 6.45) is 7.09. The van der Waals surface area contributed by atoms with Crippen molar-refractivity contribution in [1.29, 1.82) is 0 Å². The molecular formula is C73H82BN3S. The van der Waals surface area contributed by atoms with Gasteiger partial charge in [0.2, 0.25) is 0 Å². The van der Waals surface area contributed by atoms with E-state index in [0.717, 1.165) is 17.8 Å². The summed E-state index contributed by atoms with van der Waals surface area (Å²) in [5.41, 5.74) is 26.0. The van der Waals surface area contributed by atoms with Crippen LogP contribution >= 0.6 is 11.3 Å². The fourth-order valence-electron chi connectivity index (χ4n) is 15.1. The first-order chi connectivity index (χ1) is 36.7. The fourth-order valence-corrected chi connectivity index (χ4v) is 16.4. The van der Waals surface area contributed by atoms with Crippen molar-refractivity contribution in [2.24, 2.45) is 0 Å². The van der Waals surface area contributed by atoms with Crippen LogP contribution in [0, 0.1) is 6.92 Å². The number of thiophene rings is 1. The third-order valence-corrected chi connectivity index (χ3v) is 21.4. The second-order valence-corrected chi connectivity index (χ2v) is 30.6. The largest absolute Gasteiger partial charge is 0.311 e. The molecule has 13 rings (SSSR count). The van der Waals surface area contributed by atoms with E-state index in [0.29, 0.717) is 0 Å². The Balaban J connectivity index is 1.14. The Labute approximate surface area is 472 Å². The lowest BCUT2D eigenvalue weighted by molar-refractivity contribution is 0.332. The van der Waals surface area contributed by atoms with Crippen molar-refractivity contribution in [2.75, 3.05) is 14.7 Å². The van der Waals surface area contributed by atoms with Crippen molar-refractivity contribution in [1.82, 2.24) is 0 Å². The summed E-state index contributed by atoms with van der Waals surface area (Å²) < 4.78 is 2.84. The monoisotopic (exact) mass is 1040 g/mol. The van der Waals surface area contributed by atoms with Gasteiger partial charge in [0.05, 0.1) is 5.69 Å². The van der Waals surface area contributed by atoms with Crippen molar-refractivity contribution in [3.05, 3.63) is 178 Å². The molecule has 0 spiro atoms. The van der Waals surface area contributed by atoms with Crippen molar-refractivity contribution < 1.29 is 0 Å². The zero-order valence-corrected chi connectivity index (χ0v) is 50.6. The lowest BCUT2D eigenvalue weighted by Crippen LogP contribution is -2.60. The third kappa shape index (κ3) is 7.77. The molecule has 5 aliphatic rings. The van der Waals surface area contributed by atoms with Crippen LogP contribution in [0.5, 0.6) is 0 Å². The first-order valence-electron chi connectivity index (χ1n) is 29.4. The molecule has 3 aliphatic carbocycles. The molecule has 1 aromatic heterocycles. The van der Waals surface area contributed by atoms with E-state index in [1.807, 2.05) is 0 Å². The van der Waals surface area contributed by atoms with Crippen LogP contribution in [0.4, 0.5) is 51.2 Å². The number of fused-ring (bicyclic) bond motifs is 9. The zero-order valence-electron chi connectivity index (χ0n) is 49.8. The molecule has 0 saturated heterocycles. The molecule has 0 N–H and O–H groups in total. The highest BCUT2D eigenvalue weighted by molar-refractivity contribution is 7.33. The molecular weight excluding hydrogens is 962 g/mol. The van der Waals surface area contributed by atoms with Crippen molar-refractivity contribution in [3.8, 4) is 0 Å². The normalized spacial score (nSPS) is 19.5. The van der Waals surface area contributed by atoms with Crippen LogP contribution in [0.2, 0.25) is 0 Å². The van der Waals surface area contributed by atoms with Gasteiger partial charge in [-0.15, -0.1) is 11.3 Å². The molecule has 8 aromatic rings. The van der Waals surface area contributed by atoms with E-state index in [-0.39, 0.29) is 44.6 Å². The van der Waals surface area contributed by atoms with Gasteiger partial charge in [-0.25, -0.2) is 0 Å². The molecule has 2 aliphatic heterocycles. The van der Waals surface area contributed by atoms with Gasteiger partial charge in [0.1, 0.15) is 0 Å². The highest BCUT2D eigenvalue weighted by atomic mass is 32.1. The maximum Gasteiger partial charge on any atom is 0.264 e. The number of hydrogen-bond acceptors (Lipinski definition) is 4. The van der Waals surface area contributed by atoms with Crippen LogP contribution in [-0.2, 0) is 37.9 Å². The van der Waals surface area contributed by atoms with Crippen LogP contribution < -0.4 is 30.4 Å². The Morgan fingerprint density at radius 2 is 0.949 bits per heavy atom. The van der Waals surface area contributed by atoms with Crippen LogP contribution in [0.25, 0.3) is 10.1 Å². The summed E-state index contributed by atoms with van der Waals surface area (Å²) in [4.78, 5) is 7.96. The number of hydrogen-bond donors (Lipinski definition) is 0. The van der Waals surface area contributed by atoms with Crippen molar-refractivity contribution in [2.45, 2.75) is 187 Å². The van der Waals surface area contributed by atoms with Crippen LogP contribution in [-0.4, -0.2) is 6.71 Å². The van der Waals surface area contributed by atoms with Gasteiger partial charge in [0.15, 0.2) is 0 Å². The van der Waals surface area contributed by atoms with E-state index in [1.165, 1.54) is 142 Å². The van der Waals surface area contributed by atoms with Crippen LogP contribution in [0.15, 0.2) is 133 Å². The molecule has 398 valence electrons. The summed E-state index contributed by atoms with van der Waals surface area (Å²) in [5, 5.41) is 1.39. The summed E-state index contributed by atoms with van der Waals surface area (Å²) in [7, 11) is 0. The molecule has 0 saturated carbocycles. The van der Waals surface area contributed by atoms with Gasteiger partial charge in [-0.1, -0.05) is 158 Å². The summed E-state index contributed by atoms with van der Waals surface area (Å²) in [6, 6.07) is 53.2. The maximum atomic E-state index is 2.75. The zero-order chi connectivity index (χ0) is 55.0. The molecule has 0 bridgehead atoms. The predicted octanol–water partition coefficient (Wildman–Crippen LogP) is 19.1. The Hall–Kier alpha value is -6.04. The smallest absolute Gasteiger partial charge is 0.264 e. The molecule has 0 unspecified atom stereocenters. The van der Waals surface area contributed by atoms with Crippen molar-refractivity contribution >= 4 is 95.0 Å². The number of benzene rings is 7. The van der Waals surface area contributed by atoms with E-state index >= 15 is 0 Å². The minimum atomic E-state index is -0.0837. The number of aryl methyl sites for hydroxylation is 1. The molecule has 0 atom stereocenters. The van der Waals surface area contributed by atoms with Crippen molar-refractivity contribution in [3.63, 3.8) is 0 Å². The molecule has 0 radical (unpaired) electrons. The van der Waals surface area contributed by atoms with Gasteiger partial charge >= 0.3 is 0 Å². The second kappa shape index (κ2) is 17.0. The predicted molar refractivity (Wildman–Crippen MR) is 340 cm³/mol. The summed E-state index contributed by atoms with van der Waals surface area (Å²) >= 11 is 2.06.